The highest BCUT2D eigenvalue weighted by molar-refractivity contribution is 7.89. The van der Waals surface area contributed by atoms with Gasteiger partial charge in [-0.1, -0.05) is 12.1 Å². The fourth-order valence-corrected chi connectivity index (χ4v) is 4.23. The lowest BCUT2D eigenvalue weighted by molar-refractivity contribution is 0.136. The maximum atomic E-state index is 13.9. The van der Waals surface area contributed by atoms with E-state index in [1.165, 1.54) is 13.2 Å². The first-order valence-electron chi connectivity index (χ1n) is 7.43. The molecule has 5 nitrogen and oxygen atoms in total. The Morgan fingerprint density at radius 2 is 2.18 bits per heavy atom. The van der Waals surface area contributed by atoms with Gasteiger partial charge in [0.25, 0.3) is 0 Å². The van der Waals surface area contributed by atoms with Gasteiger partial charge >= 0.3 is 0 Å². The molecular formula is C15H23FN2O3S. The summed E-state index contributed by atoms with van der Waals surface area (Å²) in [6.45, 7) is 2.92. The summed E-state index contributed by atoms with van der Waals surface area (Å²) in [4.78, 5) is 1.89. The Morgan fingerprint density at radius 3 is 2.86 bits per heavy atom. The molecule has 1 aromatic carbocycles. The number of hydrogen-bond donors (Lipinski definition) is 1. The minimum atomic E-state index is -3.40. The van der Waals surface area contributed by atoms with Crippen molar-refractivity contribution in [1.82, 2.24) is 4.72 Å². The Kier molecular flexibility index (Phi) is 5.77. The molecule has 1 fully saturated rings. The number of methoxy groups -OCH3 is 1. The summed E-state index contributed by atoms with van der Waals surface area (Å²) in [5.41, 5.74) is 0.525. The molecule has 124 valence electrons. The molecule has 0 radical (unpaired) electrons. The lowest BCUT2D eigenvalue weighted by atomic mass is 10.1. The molecule has 7 heteroatoms. The smallest absolute Gasteiger partial charge is 0.214 e. The minimum Gasteiger partial charge on any atom is -0.381 e. The molecule has 0 spiro atoms. The maximum Gasteiger partial charge on any atom is 0.214 e. The van der Waals surface area contributed by atoms with E-state index in [9.17, 15) is 12.8 Å². The van der Waals surface area contributed by atoms with Crippen molar-refractivity contribution in [3.63, 3.8) is 0 Å². The highest BCUT2D eigenvalue weighted by Gasteiger charge is 2.26. The molecule has 0 aromatic heterocycles. The van der Waals surface area contributed by atoms with Crippen LogP contribution < -0.4 is 9.62 Å². The monoisotopic (exact) mass is 330 g/mol. The Morgan fingerprint density at radius 1 is 1.45 bits per heavy atom. The van der Waals surface area contributed by atoms with Crippen LogP contribution in [0.3, 0.4) is 0 Å². The molecule has 0 bridgehead atoms. The number of sulfonamides is 1. The van der Waals surface area contributed by atoms with E-state index in [2.05, 4.69) is 4.72 Å². The van der Waals surface area contributed by atoms with Gasteiger partial charge in [-0.2, -0.15) is 0 Å². The van der Waals surface area contributed by atoms with Gasteiger partial charge < -0.3 is 9.64 Å². The van der Waals surface area contributed by atoms with Gasteiger partial charge in [0.2, 0.25) is 10.0 Å². The van der Waals surface area contributed by atoms with Crippen LogP contribution in [0.15, 0.2) is 24.3 Å². The van der Waals surface area contributed by atoms with E-state index in [0.29, 0.717) is 12.2 Å². The zero-order valence-electron chi connectivity index (χ0n) is 13.0. The second-order valence-electron chi connectivity index (χ2n) is 5.68. The Balaban J connectivity index is 2.01. The van der Waals surface area contributed by atoms with Gasteiger partial charge in [0, 0.05) is 26.2 Å². The second kappa shape index (κ2) is 7.39. The zero-order chi connectivity index (χ0) is 16.2. The third-order valence-corrected chi connectivity index (χ3v) is 5.42. The molecule has 1 aliphatic rings. The number of nitrogens with zero attached hydrogens (tertiary/aromatic N) is 1. The predicted octanol–water partition coefficient (Wildman–Crippen LogP) is 1.75. The van der Waals surface area contributed by atoms with E-state index >= 15 is 0 Å². The van der Waals surface area contributed by atoms with E-state index in [-0.39, 0.29) is 23.7 Å². The predicted molar refractivity (Wildman–Crippen MR) is 85.0 cm³/mol. The normalized spacial score (nSPS) is 20.9. The van der Waals surface area contributed by atoms with E-state index < -0.39 is 10.0 Å². The number of ether oxygens (including phenoxy) is 1. The number of benzene rings is 1. The molecular weight excluding hydrogens is 307 g/mol. The van der Waals surface area contributed by atoms with Crippen molar-refractivity contribution in [2.75, 3.05) is 30.9 Å². The minimum absolute atomic E-state index is 0.0697. The lowest BCUT2D eigenvalue weighted by Gasteiger charge is -2.34. The third kappa shape index (κ3) is 4.66. The number of piperidine rings is 1. The fraction of sp³-hybridized carbons (Fsp3) is 0.600. The van der Waals surface area contributed by atoms with Crippen molar-refractivity contribution >= 4 is 15.7 Å². The van der Waals surface area contributed by atoms with Crippen LogP contribution in [0, 0.1) is 5.82 Å². The first-order valence-corrected chi connectivity index (χ1v) is 9.09. The van der Waals surface area contributed by atoms with Gasteiger partial charge in [-0.15, -0.1) is 0 Å². The van der Waals surface area contributed by atoms with Gasteiger partial charge in [-0.3, -0.25) is 0 Å². The number of anilines is 1. The topological polar surface area (TPSA) is 58.6 Å². The Bertz CT molecular complexity index is 594. The van der Waals surface area contributed by atoms with E-state index in [4.69, 9.17) is 4.74 Å². The Hall–Kier alpha value is -1.18. The molecule has 0 amide bonds. The second-order valence-corrected chi connectivity index (χ2v) is 7.48. The quantitative estimate of drug-likeness (QED) is 0.863. The van der Waals surface area contributed by atoms with Gasteiger partial charge in [0.15, 0.2) is 0 Å². The van der Waals surface area contributed by atoms with Gasteiger partial charge in [-0.05, 0) is 31.9 Å². The number of nitrogens with one attached hydrogen (secondary N) is 1. The molecule has 1 aromatic rings. The maximum absolute atomic E-state index is 13.9. The zero-order valence-corrected chi connectivity index (χ0v) is 13.8. The number of para-hydroxylation sites is 1. The van der Waals surface area contributed by atoms with Crippen molar-refractivity contribution in [1.29, 1.82) is 0 Å². The van der Waals surface area contributed by atoms with Crippen LogP contribution in [0.5, 0.6) is 0 Å². The van der Waals surface area contributed by atoms with Crippen LogP contribution in [0.4, 0.5) is 10.1 Å². The molecule has 2 atom stereocenters. The summed E-state index contributed by atoms with van der Waals surface area (Å²) in [5.74, 6) is -0.348. The SMILES string of the molecule is CO[C@H](C)CS(=O)(=O)N[C@@H]1CCCN(c2ccccc2F)C1. The van der Waals surface area contributed by atoms with Gasteiger partial charge in [0.1, 0.15) is 5.82 Å². The summed E-state index contributed by atoms with van der Waals surface area (Å²) < 4.78 is 45.8. The Labute approximate surface area is 131 Å². The van der Waals surface area contributed by atoms with Crippen molar-refractivity contribution in [3.8, 4) is 0 Å². The first-order chi connectivity index (χ1) is 10.4. The van der Waals surface area contributed by atoms with Crippen molar-refractivity contribution < 1.29 is 17.5 Å². The molecule has 0 unspecified atom stereocenters. The van der Waals surface area contributed by atoms with Crippen LogP contribution in [0.2, 0.25) is 0 Å². The van der Waals surface area contributed by atoms with Gasteiger partial charge in [0.05, 0.1) is 17.5 Å². The molecule has 2 rings (SSSR count). The highest BCUT2D eigenvalue weighted by Crippen LogP contribution is 2.23. The van der Waals surface area contributed by atoms with Crippen LogP contribution in [-0.4, -0.2) is 46.5 Å². The number of rotatable bonds is 6. The van der Waals surface area contributed by atoms with Crippen LogP contribution in [0.1, 0.15) is 19.8 Å². The molecule has 0 aliphatic carbocycles. The average molecular weight is 330 g/mol. The van der Waals surface area contributed by atoms with E-state index in [1.54, 1.807) is 25.1 Å². The largest absolute Gasteiger partial charge is 0.381 e. The van der Waals surface area contributed by atoms with Crippen LogP contribution in [0.25, 0.3) is 0 Å². The fourth-order valence-electron chi connectivity index (χ4n) is 2.68. The van der Waals surface area contributed by atoms with Crippen LogP contribution >= 0.6 is 0 Å². The molecule has 22 heavy (non-hydrogen) atoms. The highest BCUT2D eigenvalue weighted by atomic mass is 32.2. The van der Waals surface area contributed by atoms with Crippen molar-refractivity contribution in [2.24, 2.45) is 0 Å². The molecule has 1 saturated heterocycles. The van der Waals surface area contributed by atoms with Crippen LogP contribution in [-0.2, 0) is 14.8 Å². The third-order valence-electron chi connectivity index (χ3n) is 3.82. The van der Waals surface area contributed by atoms with E-state index in [0.717, 1.165) is 19.4 Å². The molecule has 0 saturated carbocycles. The first kappa shape index (κ1) is 17.2. The van der Waals surface area contributed by atoms with Crippen molar-refractivity contribution in [2.45, 2.75) is 31.9 Å². The molecule has 1 aliphatic heterocycles. The van der Waals surface area contributed by atoms with Gasteiger partial charge in [-0.25, -0.2) is 17.5 Å². The van der Waals surface area contributed by atoms with Crippen molar-refractivity contribution in [3.05, 3.63) is 30.1 Å². The summed E-state index contributed by atoms with van der Waals surface area (Å²) >= 11 is 0. The summed E-state index contributed by atoms with van der Waals surface area (Å²) in [5, 5.41) is 0. The molecule has 1 heterocycles. The summed E-state index contributed by atoms with van der Waals surface area (Å²) in [6.07, 6.45) is 1.22. The average Bonchev–Trinajstić information content (AvgIpc) is 2.46. The lowest BCUT2D eigenvalue weighted by Crippen LogP contribution is -2.49. The number of halogens is 1. The standard InChI is InChI=1S/C15H23FN2O3S/c1-12(21-2)11-22(19,20)17-13-6-5-9-18(10-13)15-8-4-3-7-14(15)16/h3-4,7-8,12-13,17H,5-6,9-11H2,1-2H3/t12-,13-/m1/s1. The molecule has 1 N–H and O–H groups in total. The summed E-state index contributed by atoms with van der Waals surface area (Å²) in [6, 6.07) is 6.37. The van der Waals surface area contributed by atoms with E-state index in [1.807, 2.05) is 4.90 Å². The number of hydrogen-bond acceptors (Lipinski definition) is 4. The summed E-state index contributed by atoms with van der Waals surface area (Å²) in [7, 11) is -1.92.